The standard InChI is InChI=1S/C45H27N3O/c1-2-11-29(12-3-1)43-46-44(48-45(47-43)40-25-33-14-6-7-15-35(33)36-16-8-9-17-37(36)40)34-21-23-39-38-22-20-32(26-41(38)49-42(39)27-34)31-19-18-28-10-4-5-13-30(28)24-31/h1-27H. The molecule has 0 N–H and O–H groups in total. The molecular formula is C45H27N3O. The third-order valence-electron chi connectivity index (χ3n) is 9.49. The number of fused-ring (bicyclic) bond motifs is 7. The summed E-state index contributed by atoms with van der Waals surface area (Å²) in [6.07, 6.45) is 0. The monoisotopic (exact) mass is 625 g/mol. The van der Waals surface area contributed by atoms with Gasteiger partial charge in [0.15, 0.2) is 17.5 Å². The Labute approximate surface area is 282 Å². The molecule has 8 aromatic carbocycles. The number of rotatable bonds is 4. The van der Waals surface area contributed by atoms with E-state index in [0.717, 1.165) is 60.5 Å². The molecule has 0 atom stereocenters. The molecule has 0 bridgehead atoms. The molecule has 0 spiro atoms. The molecule has 49 heavy (non-hydrogen) atoms. The molecule has 0 saturated carbocycles. The molecule has 0 radical (unpaired) electrons. The lowest BCUT2D eigenvalue weighted by atomic mass is 9.97. The van der Waals surface area contributed by atoms with Crippen molar-refractivity contribution < 1.29 is 4.42 Å². The summed E-state index contributed by atoms with van der Waals surface area (Å²) in [7, 11) is 0. The predicted molar refractivity (Wildman–Crippen MR) is 201 cm³/mol. The van der Waals surface area contributed by atoms with Gasteiger partial charge in [-0.1, -0.05) is 127 Å². The van der Waals surface area contributed by atoms with Crippen LogP contribution in [0.2, 0.25) is 0 Å². The fraction of sp³-hybridized carbons (Fsp3) is 0. The van der Waals surface area contributed by atoms with Gasteiger partial charge in [0.1, 0.15) is 11.2 Å². The zero-order chi connectivity index (χ0) is 32.3. The topological polar surface area (TPSA) is 51.8 Å². The van der Waals surface area contributed by atoms with E-state index in [1.165, 1.54) is 21.5 Å². The SMILES string of the molecule is c1ccc(-c2nc(-c3ccc4c(c3)oc3cc(-c5ccc6ccccc6c5)ccc34)nc(-c3cc4ccccc4c4ccccc34)n2)cc1. The maximum Gasteiger partial charge on any atom is 0.164 e. The van der Waals surface area contributed by atoms with Gasteiger partial charge in [0, 0.05) is 27.5 Å². The van der Waals surface area contributed by atoms with E-state index in [-0.39, 0.29) is 0 Å². The minimum absolute atomic E-state index is 0.598. The molecule has 0 saturated heterocycles. The van der Waals surface area contributed by atoms with E-state index in [4.69, 9.17) is 19.4 Å². The van der Waals surface area contributed by atoms with Gasteiger partial charge in [0.05, 0.1) is 0 Å². The second-order valence-corrected chi connectivity index (χ2v) is 12.4. The third-order valence-corrected chi connectivity index (χ3v) is 9.49. The van der Waals surface area contributed by atoms with E-state index >= 15 is 0 Å². The van der Waals surface area contributed by atoms with Crippen molar-refractivity contribution in [3.63, 3.8) is 0 Å². The molecule has 10 rings (SSSR count). The van der Waals surface area contributed by atoms with Crippen LogP contribution >= 0.6 is 0 Å². The molecule has 0 aliphatic carbocycles. The van der Waals surface area contributed by atoms with E-state index in [1.54, 1.807) is 0 Å². The van der Waals surface area contributed by atoms with Crippen LogP contribution in [0.3, 0.4) is 0 Å². The summed E-state index contributed by atoms with van der Waals surface area (Å²) in [6, 6.07) is 57.0. The highest BCUT2D eigenvalue weighted by molar-refractivity contribution is 6.13. The van der Waals surface area contributed by atoms with Crippen molar-refractivity contribution in [3.05, 3.63) is 164 Å². The largest absolute Gasteiger partial charge is 0.456 e. The predicted octanol–water partition coefficient (Wildman–Crippen LogP) is 11.9. The molecule has 4 nitrogen and oxygen atoms in total. The van der Waals surface area contributed by atoms with Crippen LogP contribution in [-0.4, -0.2) is 15.0 Å². The van der Waals surface area contributed by atoms with E-state index in [1.807, 2.05) is 30.3 Å². The third kappa shape index (κ3) is 4.65. The van der Waals surface area contributed by atoms with E-state index < -0.39 is 0 Å². The van der Waals surface area contributed by atoms with Crippen molar-refractivity contribution in [1.82, 2.24) is 15.0 Å². The Bertz CT molecular complexity index is 2890. The first-order valence-corrected chi connectivity index (χ1v) is 16.4. The van der Waals surface area contributed by atoms with Crippen molar-refractivity contribution >= 4 is 54.3 Å². The first-order valence-electron chi connectivity index (χ1n) is 16.4. The van der Waals surface area contributed by atoms with Crippen molar-refractivity contribution in [3.8, 4) is 45.3 Å². The van der Waals surface area contributed by atoms with E-state index in [0.29, 0.717) is 17.5 Å². The van der Waals surface area contributed by atoms with Crippen molar-refractivity contribution in [2.45, 2.75) is 0 Å². The zero-order valence-corrected chi connectivity index (χ0v) is 26.3. The van der Waals surface area contributed by atoms with Gasteiger partial charge in [-0.3, -0.25) is 0 Å². The quantitative estimate of drug-likeness (QED) is 0.183. The first kappa shape index (κ1) is 27.5. The summed E-state index contributed by atoms with van der Waals surface area (Å²) < 4.78 is 6.53. The average molecular weight is 626 g/mol. The molecule has 2 aromatic heterocycles. The Morgan fingerprint density at radius 1 is 0.306 bits per heavy atom. The summed E-state index contributed by atoms with van der Waals surface area (Å²) in [5.74, 6) is 1.86. The van der Waals surface area contributed by atoms with Crippen LogP contribution in [0.25, 0.3) is 99.5 Å². The Balaban J connectivity index is 1.13. The van der Waals surface area contributed by atoms with Crippen LogP contribution in [0.4, 0.5) is 0 Å². The minimum atomic E-state index is 0.598. The summed E-state index contributed by atoms with van der Waals surface area (Å²) in [4.78, 5) is 15.2. The number of aromatic nitrogens is 3. The number of hydrogen-bond acceptors (Lipinski definition) is 4. The maximum atomic E-state index is 6.53. The summed E-state index contributed by atoms with van der Waals surface area (Å²) in [6.45, 7) is 0. The molecule has 228 valence electrons. The van der Waals surface area contributed by atoms with Crippen LogP contribution in [0.5, 0.6) is 0 Å². The molecule has 2 heterocycles. The summed E-state index contributed by atoms with van der Waals surface area (Å²) >= 11 is 0. The van der Waals surface area contributed by atoms with Gasteiger partial charge in [0.2, 0.25) is 0 Å². The number of hydrogen-bond donors (Lipinski definition) is 0. The molecule has 0 amide bonds. The highest BCUT2D eigenvalue weighted by atomic mass is 16.3. The van der Waals surface area contributed by atoms with Gasteiger partial charge in [-0.2, -0.15) is 0 Å². The van der Waals surface area contributed by atoms with E-state index in [2.05, 4.69) is 133 Å². The Morgan fingerprint density at radius 2 is 0.857 bits per heavy atom. The molecule has 10 aromatic rings. The fourth-order valence-electron chi connectivity index (χ4n) is 7.05. The normalized spacial score (nSPS) is 11.7. The lowest BCUT2D eigenvalue weighted by molar-refractivity contribution is 0.669. The Kier molecular flexibility index (Phi) is 6.15. The number of nitrogens with zero attached hydrogens (tertiary/aromatic N) is 3. The maximum absolute atomic E-state index is 6.53. The highest BCUT2D eigenvalue weighted by Crippen LogP contribution is 2.37. The van der Waals surface area contributed by atoms with Crippen LogP contribution in [-0.2, 0) is 0 Å². The fourth-order valence-corrected chi connectivity index (χ4v) is 7.05. The number of furan rings is 1. The molecule has 0 unspecified atom stereocenters. The minimum Gasteiger partial charge on any atom is -0.456 e. The lowest BCUT2D eigenvalue weighted by Crippen LogP contribution is -2.00. The molecule has 0 aliphatic rings. The second-order valence-electron chi connectivity index (χ2n) is 12.4. The molecule has 0 aliphatic heterocycles. The zero-order valence-electron chi connectivity index (χ0n) is 26.3. The van der Waals surface area contributed by atoms with E-state index in [9.17, 15) is 0 Å². The van der Waals surface area contributed by atoms with Crippen molar-refractivity contribution in [2.75, 3.05) is 0 Å². The summed E-state index contributed by atoms with van der Waals surface area (Å²) in [5.41, 5.74) is 6.70. The van der Waals surface area contributed by atoms with Crippen LogP contribution in [0, 0.1) is 0 Å². The van der Waals surface area contributed by atoms with Gasteiger partial charge in [-0.25, -0.2) is 15.0 Å². The van der Waals surface area contributed by atoms with Gasteiger partial charge >= 0.3 is 0 Å². The second kappa shape index (κ2) is 11.0. The molecular weight excluding hydrogens is 599 g/mol. The summed E-state index contributed by atoms with van der Waals surface area (Å²) in [5, 5.41) is 9.21. The van der Waals surface area contributed by atoms with Crippen molar-refractivity contribution in [1.29, 1.82) is 0 Å². The van der Waals surface area contributed by atoms with Gasteiger partial charge in [-0.15, -0.1) is 0 Å². The van der Waals surface area contributed by atoms with Crippen LogP contribution in [0.1, 0.15) is 0 Å². The number of benzene rings is 8. The van der Waals surface area contributed by atoms with Gasteiger partial charge in [0.25, 0.3) is 0 Å². The Morgan fingerprint density at radius 3 is 1.65 bits per heavy atom. The molecule has 4 heteroatoms. The van der Waals surface area contributed by atoms with Crippen LogP contribution < -0.4 is 0 Å². The Hall–Kier alpha value is -6.65. The van der Waals surface area contributed by atoms with Gasteiger partial charge in [-0.05, 0) is 79.8 Å². The molecule has 0 fully saturated rings. The smallest absolute Gasteiger partial charge is 0.164 e. The first-order chi connectivity index (χ1) is 24.2. The van der Waals surface area contributed by atoms with Gasteiger partial charge < -0.3 is 4.42 Å². The van der Waals surface area contributed by atoms with Crippen molar-refractivity contribution in [2.24, 2.45) is 0 Å². The van der Waals surface area contributed by atoms with Crippen LogP contribution in [0.15, 0.2) is 168 Å². The average Bonchev–Trinajstić information content (AvgIpc) is 3.55. The highest BCUT2D eigenvalue weighted by Gasteiger charge is 2.17. The lowest BCUT2D eigenvalue weighted by Gasteiger charge is -2.12.